The molecule has 2 unspecified atom stereocenters. The Morgan fingerprint density at radius 3 is 1.44 bits per heavy atom. The van der Waals surface area contributed by atoms with Crippen LogP contribution in [0.15, 0.2) is 0 Å². The maximum absolute atomic E-state index is 10.0. The third-order valence-electron chi connectivity index (χ3n) is 5.37. The first kappa shape index (κ1) is 39.2. The van der Waals surface area contributed by atoms with Crippen LogP contribution in [0.5, 0.6) is 0 Å². The van der Waals surface area contributed by atoms with Crippen LogP contribution in [0.4, 0.5) is 0 Å². The number of hydrogen-bond acceptors (Lipinski definition) is 14. The highest BCUT2D eigenvalue weighted by atomic mass is 32.3. The molecule has 0 aliphatic rings. The molecular formula is C24H57N5O8S2. The molecule has 0 saturated heterocycles. The molecule has 0 bridgehead atoms. The van der Waals surface area contributed by atoms with Crippen LogP contribution in [-0.2, 0) is 26.2 Å². The molecule has 15 heteroatoms. The van der Waals surface area contributed by atoms with Crippen LogP contribution >= 0.6 is 22.9 Å². The molecule has 0 rings (SSSR count). The number of ether oxygens (including phenoxy) is 2. The van der Waals surface area contributed by atoms with Crippen molar-refractivity contribution in [2.75, 3.05) is 132 Å². The zero-order valence-electron chi connectivity index (χ0n) is 24.5. The van der Waals surface area contributed by atoms with Crippen molar-refractivity contribution in [3.05, 3.63) is 0 Å². The number of nitrogens with one attached hydrogen (secondary N) is 5. The van der Waals surface area contributed by atoms with Gasteiger partial charge in [-0.2, -0.15) is 0 Å². The summed E-state index contributed by atoms with van der Waals surface area (Å²) in [4.78, 5) is 0. The number of rotatable bonds is 32. The molecule has 0 heterocycles. The summed E-state index contributed by atoms with van der Waals surface area (Å²) in [5.74, 6) is 1.52. The van der Waals surface area contributed by atoms with Crippen molar-refractivity contribution in [2.45, 2.75) is 25.0 Å². The van der Waals surface area contributed by atoms with Gasteiger partial charge in [0.25, 0.3) is 0 Å². The van der Waals surface area contributed by atoms with Gasteiger partial charge in [0.1, 0.15) is 0 Å². The Labute approximate surface area is 242 Å². The van der Waals surface area contributed by atoms with E-state index in [0.717, 1.165) is 71.0 Å². The second-order valence-corrected chi connectivity index (χ2v) is 12.1. The van der Waals surface area contributed by atoms with Crippen LogP contribution in [0.2, 0.25) is 0 Å². The summed E-state index contributed by atoms with van der Waals surface area (Å²) < 4.78 is 31.8. The van der Waals surface area contributed by atoms with Gasteiger partial charge in [0.05, 0.1) is 64.7 Å². The second kappa shape index (κ2) is 29.7. The van der Waals surface area contributed by atoms with E-state index in [2.05, 4.69) is 26.6 Å². The van der Waals surface area contributed by atoms with Gasteiger partial charge >= 0.3 is 0 Å². The van der Waals surface area contributed by atoms with E-state index >= 15 is 0 Å². The van der Waals surface area contributed by atoms with Crippen molar-refractivity contribution in [3.8, 4) is 0 Å². The van der Waals surface area contributed by atoms with E-state index in [1.54, 1.807) is 28.4 Å². The first-order chi connectivity index (χ1) is 19.0. The standard InChI is InChI=1S/C24H57N5O8S2/c1-32-38-17-5-15-36-21-23(30)19-28-13-11-26-9-7-25-8-10-27-12-14-29-20-24(31)22-37-16-6-18-39(33-2,34-3)35-4/h23-31H,5-22H2,1-4H3. The molecule has 0 aliphatic heterocycles. The van der Waals surface area contributed by atoms with Crippen LogP contribution in [0, 0.1) is 0 Å². The largest absolute Gasteiger partial charge is 0.389 e. The SMILES string of the molecule is COSCCCOCC(O)CNCCNCCNCCNCCNCC(O)COCCCS(OC)(OC)OC. The molecule has 39 heavy (non-hydrogen) atoms. The zero-order chi connectivity index (χ0) is 28.9. The summed E-state index contributed by atoms with van der Waals surface area (Å²) >= 11 is 1.42. The van der Waals surface area contributed by atoms with Gasteiger partial charge < -0.3 is 50.5 Å². The predicted octanol–water partition coefficient (Wildman–Crippen LogP) is -0.747. The van der Waals surface area contributed by atoms with Gasteiger partial charge in [-0.05, 0) is 24.9 Å². The van der Waals surface area contributed by atoms with Crippen molar-refractivity contribution in [1.82, 2.24) is 26.6 Å². The Hall–Kier alpha value is 0.180. The van der Waals surface area contributed by atoms with Crippen molar-refractivity contribution >= 4 is 22.9 Å². The summed E-state index contributed by atoms with van der Waals surface area (Å²) in [5, 5.41) is 36.5. The van der Waals surface area contributed by atoms with E-state index in [0.29, 0.717) is 38.7 Å². The lowest BCUT2D eigenvalue weighted by Crippen LogP contribution is -2.38. The quantitative estimate of drug-likeness (QED) is 0.0379. The normalized spacial score (nSPS) is 14.1. The molecule has 238 valence electrons. The number of aliphatic hydroxyl groups excluding tert-OH is 2. The van der Waals surface area contributed by atoms with E-state index in [1.807, 2.05) is 0 Å². The molecule has 0 saturated carbocycles. The van der Waals surface area contributed by atoms with E-state index < -0.39 is 23.1 Å². The maximum atomic E-state index is 10.0. The summed E-state index contributed by atoms with van der Waals surface area (Å²) in [6, 6.07) is 0. The summed E-state index contributed by atoms with van der Waals surface area (Å²) in [6.45, 7) is 9.64. The minimum atomic E-state index is -1.94. The van der Waals surface area contributed by atoms with Crippen LogP contribution in [0.3, 0.4) is 0 Å². The average molecular weight is 608 g/mol. The topological polar surface area (TPSA) is 156 Å². The second-order valence-electron chi connectivity index (χ2n) is 8.57. The van der Waals surface area contributed by atoms with Gasteiger partial charge in [-0.1, -0.05) is 0 Å². The Morgan fingerprint density at radius 1 is 0.615 bits per heavy atom. The molecule has 0 aromatic rings. The predicted molar refractivity (Wildman–Crippen MR) is 160 cm³/mol. The molecule has 0 aliphatic carbocycles. The molecule has 7 N–H and O–H groups in total. The lowest BCUT2D eigenvalue weighted by molar-refractivity contribution is 0.0373. The Bertz CT molecular complexity index is 497. The van der Waals surface area contributed by atoms with Crippen LogP contribution < -0.4 is 26.6 Å². The lowest BCUT2D eigenvalue weighted by atomic mass is 10.3. The van der Waals surface area contributed by atoms with Gasteiger partial charge in [0, 0.05) is 90.2 Å². The van der Waals surface area contributed by atoms with Crippen molar-refractivity contribution in [3.63, 3.8) is 0 Å². The molecule has 13 nitrogen and oxygen atoms in total. The van der Waals surface area contributed by atoms with E-state index in [-0.39, 0.29) is 6.61 Å². The zero-order valence-corrected chi connectivity index (χ0v) is 26.2. The highest BCUT2D eigenvalue weighted by Crippen LogP contribution is 2.49. The maximum Gasteiger partial charge on any atom is 0.0897 e. The van der Waals surface area contributed by atoms with Gasteiger partial charge in [-0.15, -0.1) is 0 Å². The first-order valence-corrected chi connectivity index (χ1v) is 16.2. The van der Waals surface area contributed by atoms with Gasteiger partial charge in [0.15, 0.2) is 0 Å². The Kier molecular flexibility index (Phi) is 29.8. The molecule has 0 aromatic heterocycles. The molecule has 0 amide bonds. The summed E-state index contributed by atoms with van der Waals surface area (Å²) in [6.07, 6.45) is 0.614. The van der Waals surface area contributed by atoms with Crippen LogP contribution in [0.1, 0.15) is 12.8 Å². The number of aliphatic hydroxyl groups is 2. The van der Waals surface area contributed by atoms with Crippen LogP contribution in [0.25, 0.3) is 0 Å². The van der Waals surface area contributed by atoms with Gasteiger partial charge in [-0.3, -0.25) is 12.5 Å². The molecule has 0 fully saturated rings. The van der Waals surface area contributed by atoms with Gasteiger partial charge in [0.2, 0.25) is 0 Å². The third-order valence-corrected chi connectivity index (χ3v) is 8.38. The summed E-state index contributed by atoms with van der Waals surface area (Å²) in [7, 11) is 4.44. The van der Waals surface area contributed by atoms with Crippen LogP contribution in [-0.4, -0.2) is 154 Å². The molecule has 0 aromatic carbocycles. The van der Waals surface area contributed by atoms with Crippen molar-refractivity contribution in [2.24, 2.45) is 0 Å². The van der Waals surface area contributed by atoms with Crippen molar-refractivity contribution < 1.29 is 36.4 Å². The Balaban J connectivity index is 3.31. The highest BCUT2D eigenvalue weighted by Gasteiger charge is 2.22. The average Bonchev–Trinajstić information content (AvgIpc) is 2.95. The monoisotopic (exact) mass is 607 g/mol. The fraction of sp³-hybridized carbons (Fsp3) is 1.00. The lowest BCUT2D eigenvalue weighted by Gasteiger charge is -2.33. The third kappa shape index (κ3) is 25.6. The Morgan fingerprint density at radius 2 is 1.03 bits per heavy atom. The molecule has 0 spiro atoms. The highest BCUT2D eigenvalue weighted by molar-refractivity contribution is 8.21. The van der Waals surface area contributed by atoms with Gasteiger partial charge in [-0.25, -0.2) is 0 Å². The van der Waals surface area contributed by atoms with E-state index in [4.69, 9.17) is 26.2 Å². The number of hydrogen-bond donors (Lipinski definition) is 7. The fourth-order valence-corrected chi connectivity index (χ4v) is 5.05. The molecule has 0 radical (unpaired) electrons. The minimum absolute atomic E-state index is 0.288. The van der Waals surface area contributed by atoms with E-state index in [1.165, 1.54) is 12.0 Å². The fourth-order valence-electron chi connectivity index (χ4n) is 3.27. The van der Waals surface area contributed by atoms with E-state index in [9.17, 15) is 10.2 Å². The van der Waals surface area contributed by atoms with Crippen molar-refractivity contribution in [1.29, 1.82) is 0 Å². The first-order valence-electron chi connectivity index (χ1n) is 13.7. The smallest absolute Gasteiger partial charge is 0.0897 e. The molecular weight excluding hydrogens is 550 g/mol. The summed E-state index contributed by atoms with van der Waals surface area (Å²) in [5.41, 5.74) is 0. The molecule has 2 atom stereocenters. The minimum Gasteiger partial charge on any atom is -0.389 e.